The van der Waals surface area contributed by atoms with E-state index in [1.165, 1.54) is 7.11 Å². The number of nitrogens with one attached hydrogen (secondary N) is 2. The first-order valence-corrected chi connectivity index (χ1v) is 12.3. The van der Waals surface area contributed by atoms with Gasteiger partial charge < -0.3 is 15.4 Å². The average Bonchev–Trinajstić information content (AvgIpc) is 3.48. The lowest BCUT2D eigenvalue weighted by Crippen LogP contribution is -2.50. The summed E-state index contributed by atoms with van der Waals surface area (Å²) in [5.41, 5.74) is 1.62. The normalized spacial score (nSPS) is 16.9. The Morgan fingerprint density at radius 3 is 2.47 bits per heavy atom. The number of nitrogens with zero attached hydrogens (tertiary/aromatic N) is 2. The molecule has 0 spiro atoms. The quantitative estimate of drug-likeness (QED) is 0.333. The van der Waals surface area contributed by atoms with Crippen molar-refractivity contribution < 1.29 is 23.9 Å². The minimum absolute atomic E-state index is 0.141. The van der Waals surface area contributed by atoms with Gasteiger partial charge in [0, 0.05) is 17.7 Å². The molecule has 4 amide bonds. The zero-order valence-corrected chi connectivity index (χ0v) is 20.9. The summed E-state index contributed by atoms with van der Waals surface area (Å²) in [6.45, 7) is 3.52. The van der Waals surface area contributed by atoms with Crippen molar-refractivity contribution in [3.63, 3.8) is 0 Å². The van der Waals surface area contributed by atoms with Crippen LogP contribution in [0.5, 0.6) is 5.75 Å². The molecule has 0 radical (unpaired) electrons. The Morgan fingerprint density at radius 2 is 1.83 bits per heavy atom. The molecule has 1 saturated heterocycles. The van der Waals surface area contributed by atoms with Gasteiger partial charge in [0.05, 0.1) is 7.11 Å². The predicted molar refractivity (Wildman–Crippen MR) is 135 cm³/mol. The van der Waals surface area contributed by atoms with Crippen LogP contribution in [0.1, 0.15) is 53.8 Å². The van der Waals surface area contributed by atoms with Crippen LogP contribution in [0.2, 0.25) is 0 Å². The van der Waals surface area contributed by atoms with Gasteiger partial charge in [-0.3, -0.25) is 14.4 Å². The van der Waals surface area contributed by atoms with E-state index in [2.05, 4.69) is 15.6 Å². The van der Waals surface area contributed by atoms with E-state index in [9.17, 15) is 19.2 Å². The first kappa shape index (κ1) is 25.1. The van der Waals surface area contributed by atoms with Crippen molar-refractivity contribution in [2.45, 2.75) is 38.3 Å². The molecular formula is C26H26N4O5S. The highest BCUT2D eigenvalue weighted by molar-refractivity contribution is 7.14. The van der Waals surface area contributed by atoms with Crippen LogP contribution in [-0.2, 0) is 9.59 Å². The number of rotatable bonds is 9. The Kier molecular flexibility index (Phi) is 7.44. The molecule has 10 heteroatoms. The number of methoxy groups -OCH3 is 1. The van der Waals surface area contributed by atoms with Crippen molar-refractivity contribution in [3.8, 4) is 5.75 Å². The van der Waals surface area contributed by atoms with Crippen molar-refractivity contribution in [3.05, 3.63) is 76.8 Å². The van der Waals surface area contributed by atoms with Crippen LogP contribution >= 0.6 is 11.3 Å². The number of hydrogen-bond donors (Lipinski definition) is 2. The number of urea groups is 1. The molecule has 2 N–H and O–H groups in total. The molecule has 3 aromatic rings. The summed E-state index contributed by atoms with van der Waals surface area (Å²) in [5, 5.41) is 7.20. The smallest absolute Gasteiger partial charge is 0.325 e. The van der Waals surface area contributed by atoms with Crippen LogP contribution in [0, 0.1) is 0 Å². The molecule has 0 saturated carbocycles. The Balaban J connectivity index is 1.65. The van der Waals surface area contributed by atoms with Gasteiger partial charge in [0.15, 0.2) is 10.9 Å². The first-order chi connectivity index (χ1) is 17.3. The summed E-state index contributed by atoms with van der Waals surface area (Å²) in [4.78, 5) is 57.3. The van der Waals surface area contributed by atoms with E-state index in [-0.39, 0.29) is 16.6 Å². The van der Waals surface area contributed by atoms with Gasteiger partial charge in [-0.2, -0.15) is 0 Å². The fourth-order valence-electron chi connectivity index (χ4n) is 4.11. The summed E-state index contributed by atoms with van der Waals surface area (Å²) in [6.07, 6.45) is 0.292. The third-order valence-corrected chi connectivity index (χ3v) is 6.86. The molecule has 1 fully saturated rings. The maximum Gasteiger partial charge on any atom is 0.325 e. The topological polar surface area (TPSA) is 118 Å². The Morgan fingerprint density at radius 1 is 1.14 bits per heavy atom. The average molecular weight is 507 g/mol. The number of ether oxygens (including phenoxy) is 1. The lowest BCUT2D eigenvalue weighted by atomic mass is 9.91. The van der Waals surface area contributed by atoms with Gasteiger partial charge in [0.2, 0.25) is 5.91 Å². The number of benzene rings is 2. The highest BCUT2D eigenvalue weighted by Crippen LogP contribution is 2.32. The van der Waals surface area contributed by atoms with E-state index in [4.69, 9.17) is 4.74 Å². The summed E-state index contributed by atoms with van der Waals surface area (Å²) < 4.78 is 5.17. The van der Waals surface area contributed by atoms with E-state index >= 15 is 0 Å². The monoisotopic (exact) mass is 506 g/mol. The number of hydrogen-bond acceptors (Lipinski definition) is 7. The molecule has 2 heterocycles. The van der Waals surface area contributed by atoms with Crippen molar-refractivity contribution in [1.82, 2.24) is 15.2 Å². The number of amides is 4. The molecule has 3 unspecified atom stereocenters. The van der Waals surface area contributed by atoms with Crippen LogP contribution in [0.4, 0.5) is 9.93 Å². The summed E-state index contributed by atoms with van der Waals surface area (Å²) >= 11 is 1.11. The largest absolute Gasteiger partial charge is 0.497 e. The van der Waals surface area contributed by atoms with Crippen molar-refractivity contribution in [2.24, 2.45) is 0 Å². The highest BCUT2D eigenvalue weighted by atomic mass is 32.1. The molecule has 9 nitrogen and oxygen atoms in total. The maximum absolute atomic E-state index is 13.6. The molecule has 0 bridgehead atoms. The standard InChI is InChI=1S/C26H26N4O5S/c1-4-20(31)19-14-36-25(27-19)29-23(32)22(15(2)16-8-6-5-7-9-16)30-24(33)21(28-26(30)34)17-10-12-18(35-3)13-11-17/h5-15,21-22H,4H2,1-3H3,(H,28,34)(H,27,29,32). The Bertz CT molecular complexity index is 1280. The molecule has 1 aliphatic rings. The third kappa shape index (κ3) is 4.99. The fourth-order valence-corrected chi connectivity index (χ4v) is 4.82. The lowest BCUT2D eigenvalue weighted by molar-refractivity contribution is -0.134. The van der Waals surface area contributed by atoms with E-state index in [0.717, 1.165) is 21.8 Å². The number of Topliss-reactive ketones (excluding diaryl/α,β-unsaturated/α-hetero) is 1. The summed E-state index contributed by atoms with van der Waals surface area (Å²) in [7, 11) is 1.54. The molecule has 3 atom stereocenters. The zero-order valence-electron chi connectivity index (χ0n) is 20.1. The molecule has 0 aliphatic carbocycles. The van der Waals surface area contributed by atoms with Gasteiger partial charge in [0.25, 0.3) is 5.91 Å². The van der Waals surface area contributed by atoms with E-state index in [1.54, 1.807) is 43.5 Å². The van der Waals surface area contributed by atoms with Crippen LogP contribution in [0.15, 0.2) is 60.0 Å². The molecule has 4 rings (SSSR count). The first-order valence-electron chi connectivity index (χ1n) is 11.5. The maximum atomic E-state index is 13.6. The van der Waals surface area contributed by atoms with E-state index in [1.807, 2.05) is 30.3 Å². The number of carbonyl (C=O) groups is 4. The summed E-state index contributed by atoms with van der Waals surface area (Å²) in [5.74, 6) is -1.15. The number of imide groups is 1. The van der Waals surface area contributed by atoms with Crippen LogP contribution < -0.4 is 15.4 Å². The molecule has 36 heavy (non-hydrogen) atoms. The van der Waals surface area contributed by atoms with Crippen molar-refractivity contribution in [1.29, 1.82) is 0 Å². The molecule has 1 aliphatic heterocycles. The SMILES string of the molecule is CCC(=O)c1csc(NC(=O)C(C(C)c2ccccc2)N2C(=O)NC(c3ccc(OC)cc3)C2=O)n1. The second-order valence-electron chi connectivity index (χ2n) is 8.31. The predicted octanol–water partition coefficient (Wildman–Crippen LogP) is 4.15. The van der Waals surface area contributed by atoms with Gasteiger partial charge in [-0.1, -0.05) is 56.3 Å². The number of carbonyl (C=O) groups excluding carboxylic acids is 4. The van der Waals surface area contributed by atoms with Crippen LogP contribution in [-0.4, -0.2) is 46.7 Å². The summed E-state index contributed by atoms with van der Waals surface area (Å²) in [6, 6.07) is 13.2. The number of aromatic nitrogens is 1. The fraction of sp³-hybridized carbons (Fsp3) is 0.269. The second kappa shape index (κ2) is 10.7. The Labute approximate surface area is 212 Å². The lowest BCUT2D eigenvalue weighted by Gasteiger charge is -2.29. The van der Waals surface area contributed by atoms with Crippen LogP contribution in [0.25, 0.3) is 0 Å². The minimum atomic E-state index is -1.16. The molecule has 186 valence electrons. The molecule has 2 aromatic carbocycles. The van der Waals surface area contributed by atoms with Gasteiger partial charge in [0.1, 0.15) is 23.5 Å². The zero-order chi connectivity index (χ0) is 25.8. The van der Waals surface area contributed by atoms with Gasteiger partial charge in [-0.05, 0) is 23.3 Å². The highest BCUT2D eigenvalue weighted by Gasteiger charge is 2.47. The molecule has 1 aromatic heterocycles. The van der Waals surface area contributed by atoms with Crippen LogP contribution in [0.3, 0.4) is 0 Å². The number of thiazole rings is 1. The molecular weight excluding hydrogens is 480 g/mol. The number of anilines is 1. The Hall–Kier alpha value is -4.05. The van der Waals surface area contributed by atoms with E-state index in [0.29, 0.717) is 17.7 Å². The van der Waals surface area contributed by atoms with Crippen molar-refractivity contribution >= 4 is 40.1 Å². The second-order valence-corrected chi connectivity index (χ2v) is 9.17. The number of ketones is 1. The minimum Gasteiger partial charge on any atom is -0.497 e. The van der Waals surface area contributed by atoms with Gasteiger partial charge in [-0.25, -0.2) is 14.7 Å². The van der Waals surface area contributed by atoms with E-state index < -0.39 is 35.8 Å². The third-order valence-electron chi connectivity index (χ3n) is 6.11. The van der Waals surface area contributed by atoms with Crippen molar-refractivity contribution in [2.75, 3.05) is 12.4 Å². The van der Waals surface area contributed by atoms with Gasteiger partial charge >= 0.3 is 6.03 Å². The van der Waals surface area contributed by atoms with Gasteiger partial charge in [-0.15, -0.1) is 11.3 Å².